The molecule has 0 saturated carbocycles. The second-order valence-corrected chi connectivity index (χ2v) is 4.61. The van der Waals surface area contributed by atoms with Crippen LogP contribution in [0.25, 0.3) is 0 Å². The second-order valence-electron chi connectivity index (χ2n) is 4.61. The first-order chi connectivity index (χ1) is 8.22. The van der Waals surface area contributed by atoms with Crippen LogP contribution >= 0.6 is 0 Å². The topological polar surface area (TPSA) is 38.3 Å². The molecule has 0 aliphatic carbocycles. The minimum atomic E-state index is -0.145. The highest BCUT2D eigenvalue weighted by molar-refractivity contribution is 5.75. The summed E-state index contributed by atoms with van der Waals surface area (Å²) in [5.41, 5.74) is 2.72. The Morgan fingerprint density at radius 2 is 2.12 bits per heavy atom. The van der Waals surface area contributed by atoms with Crippen LogP contribution in [-0.4, -0.2) is 25.7 Å². The van der Waals surface area contributed by atoms with Crippen molar-refractivity contribution in [3.05, 3.63) is 35.4 Å². The van der Waals surface area contributed by atoms with Gasteiger partial charge in [-0.3, -0.25) is 4.79 Å². The molecular formula is C14H19NO2. The maximum Gasteiger partial charge on any atom is 0.322 e. The fourth-order valence-electron chi connectivity index (χ4n) is 2.51. The Bertz CT molecular complexity index is 395. The average Bonchev–Trinajstić information content (AvgIpc) is 2.39. The highest BCUT2D eigenvalue weighted by Crippen LogP contribution is 2.27. The van der Waals surface area contributed by atoms with Gasteiger partial charge in [-0.05, 0) is 36.8 Å². The number of ether oxygens (including phenoxy) is 1. The molecule has 2 atom stereocenters. The number of hydrogen-bond acceptors (Lipinski definition) is 3. The molecule has 0 aromatic heterocycles. The van der Waals surface area contributed by atoms with Crippen molar-refractivity contribution in [3.8, 4) is 0 Å². The van der Waals surface area contributed by atoms with Crippen molar-refractivity contribution in [3.63, 3.8) is 0 Å². The van der Waals surface area contributed by atoms with Crippen molar-refractivity contribution in [2.45, 2.75) is 31.7 Å². The summed E-state index contributed by atoms with van der Waals surface area (Å²) in [6.07, 6.45) is 1.89. The van der Waals surface area contributed by atoms with Crippen molar-refractivity contribution < 1.29 is 9.53 Å². The normalized spacial score (nSPS) is 24.4. The molecule has 1 aliphatic heterocycles. The second kappa shape index (κ2) is 5.32. The minimum Gasteiger partial charge on any atom is -0.468 e. The van der Waals surface area contributed by atoms with Gasteiger partial charge in [0.2, 0.25) is 0 Å². The molecular weight excluding hydrogens is 214 g/mol. The van der Waals surface area contributed by atoms with E-state index in [9.17, 15) is 4.79 Å². The van der Waals surface area contributed by atoms with E-state index in [0.29, 0.717) is 5.92 Å². The molecule has 0 radical (unpaired) electrons. The van der Waals surface area contributed by atoms with E-state index in [1.54, 1.807) is 0 Å². The minimum absolute atomic E-state index is 0.125. The monoisotopic (exact) mass is 233 g/mol. The zero-order valence-electron chi connectivity index (χ0n) is 10.4. The summed E-state index contributed by atoms with van der Waals surface area (Å²) in [7, 11) is 1.44. The van der Waals surface area contributed by atoms with E-state index in [-0.39, 0.29) is 12.0 Å². The van der Waals surface area contributed by atoms with Crippen molar-refractivity contribution in [1.82, 2.24) is 5.32 Å². The molecule has 92 valence electrons. The summed E-state index contributed by atoms with van der Waals surface area (Å²) in [6, 6.07) is 8.34. The number of nitrogens with one attached hydrogen (secondary N) is 1. The van der Waals surface area contributed by atoms with Gasteiger partial charge in [-0.1, -0.05) is 24.3 Å². The van der Waals surface area contributed by atoms with Crippen LogP contribution in [0.4, 0.5) is 0 Å². The predicted molar refractivity (Wildman–Crippen MR) is 67.0 cm³/mol. The molecule has 0 spiro atoms. The summed E-state index contributed by atoms with van der Waals surface area (Å²) in [4.78, 5) is 11.4. The lowest BCUT2D eigenvalue weighted by molar-refractivity contribution is -0.143. The maximum atomic E-state index is 11.4. The maximum absolute atomic E-state index is 11.4. The average molecular weight is 233 g/mol. The molecule has 3 heteroatoms. The molecule has 1 N–H and O–H groups in total. The third-order valence-corrected chi connectivity index (χ3v) is 3.53. The van der Waals surface area contributed by atoms with Gasteiger partial charge < -0.3 is 10.1 Å². The van der Waals surface area contributed by atoms with Crippen LogP contribution in [0.15, 0.2) is 24.3 Å². The Morgan fingerprint density at radius 3 is 2.71 bits per heavy atom. The number of aryl methyl sites for hydroxylation is 1. The summed E-state index contributed by atoms with van der Waals surface area (Å²) < 4.78 is 4.75. The van der Waals surface area contributed by atoms with Gasteiger partial charge in [0.25, 0.3) is 0 Å². The Labute approximate surface area is 102 Å². The van der Waals surface area contributed by atoms with Gasteiger partial charge in [-0.2, -0.15) is 0 Å². The number of hydrogen-bond donors (Lipinski definition) is 1. The molecule has 0 unspecified atom stereocenters. The Kier molecular flexibility index (Phi) is 3.79. The number of methoxy groups -OCH3 is 1. The van der Waals surface area contributed by atoms with Crippen molar-refractivity contribution in [2.75, 3.05) is 13.7 Å². The standard InChI is InChI=1S/C14H19NO2/c1-10-5-3-4-6-12(10)11-7-8-13(15-9-11)14(16)17-2/h3-6,11,13,15H,7-9H2,1-2H3/t11-,13+/m1/s1. The quantitative estimate of drug-likeness (QED) is 0.794. The third-order valence-electron chi connectivity index (χ3n) is 3.53. The van der Waals surface area contributed by atoms with Crippen molar-refractivity contribution >= 4 is 5.97 Å². The molecule has 1 heterocycles. The highest BCUT2D eigenvalue weighted by atomic mass is 16.5. The van der Waals surface area contributed by atoms with E-state index in [2.05, 4.69) is 36.5 Å². The lowest BCUT2D eigenvalue weighted by Gasteiger charge is -2.29. The molecule has 1 aromatic rings. The van der Waals surface area contributed by atoms with Crippen LogP contribution in [0.2, 0.25) is 0 Å². The number of piperidine rings is 1. The first-order valence-electron chi connectivity index (χ1n) is 6.09. The Hall–Kier alpha value is -1.35. The highest BCUT2D eigenvalue weighted by Gasteiger charge is 2.27. The lowest BCUT2D eigenvalue weighted by atomic mass is 9.86. The SMILES string of the molecule is COC(=O)[C@@H]1CC[C@@H](c2ccccc2C)CN1. The number of rotatable bonds is 2. The van der Waals surface area contributed by atoms with Crippen LogP contribution in [0.3, 0.4) is 0 Å². The summed E-state index contributed by atoms with van der Waals surface area (Å²) in [5, 5.41) is 3.27. The van der Waals surface area contributed by atoms with Crippen LogP contribution in [-0.2, 0) is 9.53 Å². The Morgan fingerprint density at radius 1 is 1.35 bits per heavy atom. The number of benzene rings is 1. The van der Waals surface area contributed by atoms with Crippen LogP contribution < -0.4 is 5.32 Å². The van der Waals surface area contributed by atoms with E-state index in [1.807, 2.05) is 0 Å². The summed E-state index contributed by atoms with van der Waals surface area (Å²) in [5.74, 6) is 0.366. The van der Waals surface area contributed by atoms with Crippen LogP contribution in [0, 0.1) is 6.92 Å². The molecule has 1 aromatic carbocycles. The number of esters is 1. The lowest BCUT2D eigenvalue weighted by Crippen LogP contribution is -2.43. The van der Waals surface area contributed by atoms with Gasteiger partial charge in [-0.15, -0.1) is 0 Å². The Balaban J connectivity index is 2.00. The summed E-state index contributed by atoms with van der Waals surface area (Å²) in [6.45, 7) is 2.99. The van der Waals surface area contributed by atoms with E-state index >= 15 is 0 Å². The number of carbonyl (C=O) groups excluding carboxylic acids is 1. The van der Waals surface area contributed by atoms with Gasteiger partial charge in [-0.25, -0.2) is 0 Å². The molecule has 0 bridgehead atoms. The van der Waals surface area contributed by atoms with Gasteiger partial charge in [0.1, 0.15) is 6.04 Å². The molecule has 17 heavy (non-hydrogen) atoms. The van der Waals surface area contributed by atoms with Gasteiger partial charge in [0, 0.05) is 6.54 Å². The first-order valence-corrected chi connectivity index (χ1v) is 6.09. The zero-order chi connectivity index (χ0) is 12.3. The smallest absolute Gasteiger partial charge is 0.322 e. The first kappa shape index (κ1) is 12.1. The fourth-order valence-corrected chi connectivity index (χ4v) is 2.51. The predicted octanol–water partition coefficient (Wildman–Crippen LogP) is 2.00. The molecule has 1 saturated heterocycles. The van der Waals surface area contributed by atoms with Gasteiger partial charge >= 0.3 is 5.97 Å². The van der Waals surface area contributed by atoms with E-state index in [4.69, 9.17) is 4.74 Å². The molecule has 0 amide bonds. The molecule has 1 aliphatic rings. The molecule has 1 fully saturated rings. The molecule has 2 rings (SSSR count). The van der Waals surface area contributed by atoms with Gasteiger partial charge in [0.15, 0.2) is 0 Å². The van der Waals surface area contributed by atoms with E-state index in [0.717, 1.165) is 19.4 Å². The van der Waals surface area contributed by atoms with Crippen LogP contribution in [0.1, 0.15) is 29.9 Å². The largest absolute Gasteiger partial charge is 0.468 e. The third kappa shape index (κ3) is 2.67. The summed E-state index contributed by atoms with van der Waals surface area (Å²) >= 11 is 0. The molecule has 3 nitrogen and oxygen atoms in total. The van der Waals surface area contributed by atoms with E-state index in [1.165, 1.54) is 18.2 Å². The van der Waals surface area contributed by atoms with Crippen molar-refractivity contribution in [2.24, 2.45) is 0 Å². The van der Waals surface area contributed by atoms with Crippen molar-refractivity contribution in [1.29, 1.82) is 0 Å². The zero-order valence-corrected chi connectivity index (χ0v) is 10.4. The number of carbonyl (C=O) groups is 1. The van der Waals surface area contributed by atoms with E-state index < -0.39 is 0 Å². The fraction of sp³-hybridized carbons (Fsp3) is 0.500. The van der Waals surface area contributed by atoms with Gasteiger partial charge in [0.05, 0.1) is 7.11 Å². The van der Waals surface area contributed by atoms with Crippen LogP contribution in [0.5, 0.6) is 0 Å².